The van der Waals surface area contributed by atoms with Crippen LogP contribution in [-0.2, 0) is 17.9 Å². The maximum Gasteiger partial charge on any atom is 0.224 e. The number of benzene rings is 1. The number of aliphatic imine (C=N–C) groups is 1. The Balaban J connectivity index is 0.00000338. The number of rotatable bonds is 7. The summed E-state index contributed by atoms with van der Waals surface area (Å²) in [6.45, 7) is 4.02. The molecule has 0 aliphatic carbocycles. The van der Waals surface area contributed by atoms with Crippen LogP contribution in [-0.4, -0.2) is 37.4 Å². The molecule has 7 heteroatoms. The van der Waals surface area contributed by atoms with Crippen molar-refractivity contribution in [3.63, 3.8) is 0 Å². The number of carbonyl (C=O) groups excluding carboxylic acids is 1. The van der Waals surface area contributed by atoms with Gasteiger partial charge in [-0.15, -0.1) is 35.3 Å². The summed E-state index contributed by atoms with van der Waals surface area (Å²) in [4.78, 5) is 20.7. The Morgan fingerprint density at radius 2 is 1.88 bits per heavy atom. The molecular formula is C19H27IN4OS. The number of nitrogens with one attached hydrogen (secondary N) is 2. The Morgan fingerprint density at radius 3 is 2.50 bits per heavy atom. The van der Waals surface area contributed by atoms with Gasteiger partial charge in [0.05, 0.1) is 6.54 Å². The Morgan fingerprint density at radius 1 is 1.15 bits per heavy atom. The highest BCUT2D eigenvalue weighted by atomic mass is 127. The predicted octanol–water partition coefficient (Wildman–Crippen LogP) is 3.39. The third-order valence-electron chi connectivity index (χ3n) is 3.77. The van der Waals surface area contributed by atoms with E-state index in [0.29, 0.717) is 25.5 Å². The van der Waals surface area contributed by atoms with E-state index in [-0.39, 0.29) is 29.9 Å². The van der Waals surface area contributed by atoms with Gasteiger partial charge in [0.15, 0.2) is 5.96 Å². The van der Waals surface area contributed by atoms with Crippen molar-refractivity contribution < 1.29 is 4.79 Å². The molecule has 2 aromatic rings. The zero-order chi connectivity index (χ0) is 18.1. The second-order valence-electron chi connectivity index (χ2n) is 5.85. The van der Waals surface area contributed by atoms with Gasteiger partial charge in [-0.3, -0.25) is 9.79 Å². The topological polar surface area (TPSA) is 56.7 Å². The normalized spacial score (nSPS) is 10.8. The summed E-state index contributed by atoms with van der Waals surface area (Å²) in [5.74, 6) is 0.824. The Bertz CT molecular complexity index is 703. The minimum Gasteiger partial charge on any atom is -0.356 e. The fourth-order valence-corrected chi connectivity index (χ4v) is 3.23. The van der Waals surface area contributed by atoms with Gasteiger partial charge >= 0.3 is 0 Å². The fourth-order valence-electron chi connectivity index (χ4n) is 2.40. The largest absolute Gasteiger partial charge is 0.356 e. The number of hydrogen-bond donors (Lipinski definition) is 2. The predicted molar refractivity (Wildman–Crippen MR) is 120 cm³/mol. The quantitative estimate of drug-likeness (QED) is 0.359. The molecule has 0 aliphatic heterocycles. The van der Waals surface area contributed by atoms with E-state index in [9.17, 15) is 4.79 Å². The summed E-state index contributed by atoms with van der Waals surface area (Å²) in [5, 5.41) is 6.46. The number of thiophene rings is 1. The zero-order valence-electron chi connectivity index (χ0n) is 15.5. The Kier molecular flexibility index (Phi) is 10.3. The van der Waals surface area contributed by atoms with Crippen LogP contribution in [0.5, 0.6) is 0 Å². The number of hydrogen-bond acceptors (Lipinski definition) is 3. The smallest absolute Gasteiger partial charge is 0.224 e. The summed E-state index contributed by atoms with van der Waals surface area (Å²) in [5.41, 5.74) is 1.13. The van der Waals surface area contributed by atoms with Crippen LogP contribution < -0.4 is 10.6 Å². The first kappa shape index (κ1) is 22.4. The van der Waals surface area contributed by atoms with Crippen LogP contribution in [0.3, 0.4) is 0 Å². The van der Waals surface area contributed by atoms with Crippen molar-refractivity contribution in [2.75, 3.05) is 20.6 Å². The summed E-state index contributed by atoms with van der Waals surface area (Å²) in [6, 6.07) is 14.2. The van der Waals surface area contributed by atoms with Crippen molar-refractivity contribution >= 4 is 47.2 Å². The van der Waals surface area contributed by atoms with Crippen molar-refractivity contribution in [1.82, 2.24) is 15.5 Å². The molecule has 0 bridgehead atoms. The molecule has 1 amide bonds. The lowest BCUT2D eigenvalue weighted by atomic mass is 10.2. The number of halogens is 1. The maximum absolute atomic E-state index is 12.2. The standard InChI is InChI=1S/C19H26N4OS.HI/c1-15-9-10-17(25-15)13-22-19(20-2)21-12-11-18(24)23(3)14-16-7-5-4-6-8-16;/h4-10H,11-14H2,1-3H3,(H2,20,21,22);1H. The lowest BCUT2D eigenvalue weighted by molar-refractivity contribution is -0.130. The molecule has 0 fully saturated rings. The van der Waals surface area contributed by atoms with E-state index >= 15 is 0 Å². The van der Waals surface area contributed by atoms with Gasteiger partial charge in [-0.1, -0.05) is 30.3 Å². The third kappa shape index (κ3) is 7.74. The van der Waals surface area contributed by atoms with Crippen molar-refractivity contribution in [3.8, 4) is 0 Å². The molecule has 1 heterocycles. The highest BCUT2D eigenvalue weighted by molar-refractivity contribution is 14.0. The van der Waals surface area contributed by atoms with E-state index in [4.69, 9.17) is 0 Å². The Labute approximate surface area is 176 Å². The van der Waals surface area contributed by atoms with Gasteiger partial charge < -0.3 is 15.5 Å². The van der Waals surface area contributed by atoms with Crippen LogP contribution in [0, 0.1) is 6.92 Å². The third-order valence-corrected chi connectivity index (χ3v) is 4.77. The van der Waals surface area contributed by atoms with Crippen LogP contribution in [0.4, 0.5) is 0 Å². The first-order valence-electron chi connectivity index (χ1n) is 8.36. The zero-order valence-corrected chi connectivity index (χ0v) is 18.6. The van der Waals surface area contributed by atoms with E-state index in [1.807, 2.05) is 37.4 Å². The van der Waals surface area contributed by atoms with Crippen LogP contribution in [0.25, 0.3) is 0 Å². The molecule has 0 radical (unpaired) electrons. The van der Waals surface area contributed by atoms with E-state index in [1.165, 1.54) is 9.75 Å². The average molecular weight is 486 g/mol. The van der Waals surface area contributed by atoms with E-state index in [2.05, 4.69) is 34.7 Å². The molecule has 0 saturated heterocycles. The molecule has 0 unspecified atom stereocenters. The molecule has 1 aromatic carbocycles. The minimum atomic E-state index is 0. The van der Waals surface area contributed by atoms with Gasteiger partial charge in [-0.05, 0) is 24.6 Å². The van der Waals surface area contributed by atoms with Crippen molar-refractivity contribution in [1.29, 1.82) is 0 Å². The molecule has 0 atom stereocenters. The summed E-state index contributed by atoms with van der Waals surface area (Å²) < 4.78 is 0. The van der Waals surface area contributed by atoms with Gasteiger partial charge in [-0.25, -0.2) is 0 Å². The van der Waals surface area contributed by atoms with Crippen molar-refractivity contribution in [2.24, 2.45) is 4.99 Å². The van der Waals surface area contributed by atoms with Crippen molar-refractivity contribution in [3.05, 3.63) is 57.8 Å². The number of amides is 1. The second kappa shape index (κ2) is 11.9. The average Bonchev–Trinajstić information content (AvgIpc) is 3.04. The monoisotopic (exact) mass is 486 g/mol. The van der Waals surface area contributed by atoms with Gasteiger partial charge in [-0.2, -0.15) is 0 Å². The number of aryl methyl sites for hydroxylation is 1. The number of guanidine groups is 1. The van der Waals surface area contributed by atoms with E-state index < -0.39 is 0 Å². The molecule has 0 aliphatic rings. The van der Waals surface area contributed by atoms with Crippen LogP contribution in [0.15, 0.2) is 47.5 Å². The van der Waals surface area contributed by atoms with E-state index in [1.54, 1.807) is 23.3 Å². The highest BCUT2D eigenvalue weighted by Gasteiger charge is 2.09. The minimum absolute atomic E-state index is 0. The molecule has 0 spiro atoms. The molecule has 26 heavy (non-hydrogen) atoms. The molecule has 5 nitrogen and oxygen atoms in total. The Hall–Kier alpha value is -1.61. The lowest BCUT2D eigenvalue weighted by Gasteiger charge is -2.18. The molecule has 1 aromatic heterocycles. The lowest BCUT2D eigenvalue weighted by Crippen LogP contribution is -2.39. The molecule has 0 saturated carbocycles. The van der Waals surface area contributed by atoms with E-state index in [0.717, 1.165) is 12.1 Å². The van der Waals surface area contributed by atoms with Crippen LogP contribution in [0.2, 0.25) is 0 Å². The summed E-state index contributed by atoms with van der Waals surface area (Å²) in [6.07, 6.45) is 0.433. The van der Waals surface area contributed by atoms with Gasteiger partial charge in [0.2, 0.25) is 5.91 Å². The SMILES string of the molecule is CN=C(NCCC(=O)N(C)Cc1ccccc1)NCc1ccc(C)s1.I. The first-order valence-corrected chi connectivity index (χ1v) is 9.18. The number of nitrogens with zero attached hydrogens (tertiary/aromatic N) is 2. The summed E-state index contributed by atoms with van der Waals surface area (Å²) >= 11 is 1.77. The maximum atomic E-state index is 12.2. The molecular weight excluding hydrogens is 459 g/mol. The second-order valence-corrected chi connectivity index (χ2v) is 7.22. The molecule has 2 rings (SSSR count). The van der Waals surface area contributed by atoms with Gasteiger partial charge in [0.25, 0.3) is 0 Å². The van der Waals surface area contributed by atoms with Crippen molar-refractivity contribution in [2.45, 2.75) is 26.4 Å². The summed E-state index contributed by atoms with van der Waals surface area (Å²) in [7, 11) is 3.57. The van der Waals surface area contributed by atoms with Gasteiger partial charge in [0, 0.05) is 43.4 Å². The van der Waals surface area contributed by atoms with Gasteiger partial charge in [0.1, 0.15) is 0 Å². The molecule has 2 N–H and O–H groups in total. The molecule has 142 valence electrons. The van der Waals surface area contributed by atoms with Crippen LogP contribution >= 0.6 is 35.3 Å². The highest BCUT2D eigenvalue weighted by Crippen LogP contribution is 2.14. The van der Waals surface area contributed by atoms with Crippen LogP contribution in [0.1, 0.15) is 21.7 Å². The number of carbonyl (C=O) groups is 1. The fraction of sp³-hybridized carbons (Fsp3) is 0.368. The first-order chi connectivity index (χ1) is 12.1.